The normalized spacial score (nSPS) is 23.7. The van der Waals surface area contributed by atoms with Crippen molar-refractivity contribution < 1.29 is 24.2 Å². The highest BCUT2D eigenvalue weighted by atomic mass is 16.5. The molecule has 3 aromatic rings. The number of ether oxygens (including phenoxy) is 1. The number of anilines is 1. The van der Waals surface area contributed by atoms with Crippen LogP contribution in [0.25, 0.3) is 11.1 Å². The summed E-state index contributed by atoms with van der Waals surface area (Å²) in [6, 6.07) is 15.9. The van der Waals surface area contributed by atoms with Crippen LogP contribution < -0.4 is 10.6 Å². The van der Waals surface area contributed by atoms with Crippen molar-refractivity contribution in [3.8, 4) is 11.1 Å². The molecule has 1 heterocycles. The fraction of sp³-hybridized carbons (Fsp3) is 0.320. The third-order valence-electron chi connectivity index (χ3n) is 7.43. The van der Waals surface area contributed by atoms with Crippen LogP contribution in [-0.2, 0) is 9.53 Å². The van der Waals surface area contributed by atoms with E-state index in [0.717, 1.165) is 22.3 Å². The Balaban J connectivity index is 1.05. The SMILES string of the molecule is O=C(Nc1n[nH]c(C(=O)N[C@@H]2C[C@H]3C[C@@]3(C(=O)O)C2)n1)OCC1c2ccccc2-c2ccccc21. The molecule has 3 aliphatic rings. The number of H-pyrrole nitrogens is 1. The number of fused-ring (bicyclic) bond motifs is 4. The highest BCUT2D eigenvalue weighted by Gasteiger charge is 2.65. The van der Waals surface area contributed by atoms with Gasteiger partial charge in [-0.25, -0.2) is 4.79 Å². The van der Waals surface area contributed by atoms with Gasteiger partial charge in [-0.05, 0) is 47.4 Å². The molecular formula is C25H23N5O5. The second kappa shape index (κ2) is 7.93. The van der Waals surface area contributed by atoms with E-state index < -0.39 is 23.4 Å². The van der Waals surface area contributed by atoms with E-state index in [-0.39, 0.29) is 36.3 Å². The lowest BCUT2D eigenvalue weighted by Crippen LogP contribution is -2.35. The molecule has 10 nitrogen and oxygen atoms in total. The van der Waals surface area contributed by atoms with E-state index in [4.69, 9.17) is 4.74 Å². The van der Waals surface area contributed by atoms with Gasteiger partial charge in [-0.3, -0.25) is 20.0 Å². The summed E-state index contributed by atoms with van der Waals surface area (Å²) in [6.45, 7) is 0.145. The third-order valence-corrected chi connectivity index (χ3v) is 7.43. The Morgan fingerprint density at radius 2 is 1.74 bits per heavy atom. The average molecular weight is 473 g/mol. The van der Waals surface area contributed by atoms with E-state index in [0.29, 0.717) is 19.3 Å². The molecule has 6 rings (SSSR count). The number of hydrogen-bond donors (Lipinski definition) is 4. The summed E-state index contributed by atoms with van der Waals surface area (Å²) in [5.74, 6) is -1.40. The van der Waals surface area contributed by atoms with Crippen molar-refractivity contribution >= 4 is 23.9 Å². The maximum atomic E-state index is 12.5. The molecular weight excluding hydrogens is 450 g/mol. The molecule has 0 radical (unpaired) electrons. The van der Waals surface area contributed by atoms with Gasteiger partial charge in [0.1, 0.15) is 6.61 Å². The molecule has 4 N–H and O–H groups in total. The lowest BCUT2D eigenvalue weighted by atomic mass is 9.98. The topological polar surface area (TPSA) is 146 Å². The van der Waals surface area contributed by atoms with Gasteiger partial charge >= 0.3 is 12.1 Å². The van der Waals surface area contributed by atoms with Crippen LogP contribution in [0, 0.1) is 11.3 Å². The minimum atomic E-state index is -0.798. The smallest absolute Gasteiger partial charge is 0.414 e. The Morgan fingerprint density at radius 3 is 2.40 bits per heavy atom. The molecule has 3 aliphatic carbocycles. The van der Waals surface area contributed by atoms with Gasteiger partial charge in [-0.2, -0.15) is 4.98 Å². The van der Waals surface area contributed by atoms with E-state index in [1.807, 2.05) is 36.4 Å². The van der Waals surface area contributed by atoms with Crippen LogP contribution in [-0.4, -0.2) is 50.9 Å². The monoisotopic (exact) mass is 473 g/mol. The van der Waals surface area contributed by atoms with Crippen LogP contribution in [0.3, 0.4) is 0 Å². The standard InChI is InChI=1S/C25H23N5O5/c31-21(26-14-9-13-10-25(13,11-14)22(32)33)20-27-23(30-29-20)28-24(34)35-12-19-17-7-3-1-5-15(17)16-6-2-4-8-18(16)19/h1-8,13-14,19H,9-12H2,(H,26,31)(H,32,33)(H2,27,28,29,30,34)/t13-,14+,25+/m0/s1. The van der Waals surface area contributed by atoms with Gasteiger partial charge in [-0.15, -0.1) is 5.10 Å². The summed E-state index contributed by atoms with van der Waals surface area (Å²) in [5.41, 5.74) is 3.79. The van der Waals surface area contributed by atoms with Crippen molar-refractivity contribution in [3.05, 3.63) is 65.5 Å². The molecule has 2 amide bonds. The van der Waals surface area contributed by atoms with Crippen LogP contribution >= 0.6 is 0 Å². The lowest BCUT2D eigenvalue weighted by Gasteiger charge is -2.14. The Hall–Kier alpha value is -4.21. The van der Waals surface area contributed by atoms with E-state index in [2.05, 4.69) is 37.9 Å². The first-order valence-corrected chi connectivity index (χ1v) is 11.5. The first kappa shape index (κ1) is 21.3. The van der Waals surface area contributed by atoms with Crippen LogP contribution in [0.1, 0.15) is 46.9 Å². The van der Waals surface area contributed by atoms with E-state index in [1.54, 1.807) is 0 Å². The summed E-state index contributed by atoms with van der Waals surface area (Å²) >= 11 is 0. The Morgan fingerprint density at radius 1 is 1.06 bits per heavy atom. The summed E-state index contributed by atoms with van der Waals surface area (Å²) in [6.07, 6.45) is 0.997. The molecule has 0 aliphatic heterocycles. The number of carboxylic acids is 1. The molecule has 178 valence electrons. The third kappa shape index (κ3) is 3.61. The van der Waals surface area contributed by atoms with Gasteiger partial charge in [0.25, 0.3) is 11.9 Å². The van der Waals surface area contributed by atoms with Crippen LogP contribution in [0.4, 0.5) is 10.7 Å². The first-order chi connectivity index (χ1) is 16.9. The minimum absolute atomic E-state index is 0.0658. The molecule has 0 bridgehead atoms. The maximum absolute atomic E-state index is 12.5. The Bertz CT molecular complexity index is 1310. The highest BCUT2D eigenvalue weighted by molar-refractivity contribution is 5.92. The highest BCUT2D eigenvalue weighted by Crippen LogP contribution is 2.63. The Labute approximate surface area is 200 Å². The summed E-state index contributed by atoms with van der Waals surface area (Å²) < 4.78 is 5.47. The van der Waals surface area contributed by atoms with Crippen LogP contribution in [0.15, 0.2) is 48.5 Å². The molecule has 0 spiro atoms. The van der Waals surface area contributed by atoms with Crippen molar-refractivity contribution in [2.45, 2.75) is 31.2 Å². The molecule has 0 unspecified atom stereocenters. The molecule has 2 fully saturated rings. The number of carbonyl (C=O) groups excluding carboxylic acids is 2. The molecule has 35 heavy (non-hydrogen) atoms. The number of aromatic nitrogens is 3. The van der Waals surface area contributed by atoms with Crippen molar-refractivity contribution in [2.24, 2.45) is 11.3 Å². The quantitative estimate of drug-likeness (QED) is 0.430. The number of aromatic amines is 1. The number of carbonyl (C=O) groups is 3. The summed E-state index contributed by atoms with van der Waals surface area (Å²) in [4.78, 5) is 40.4. The average Bonchev–Trinajstić information content (AvgIpc) is 3.17. The molecule has 3 atom stereocenters. The predicted octanol–water partition coefficient (Wildman–Crippen LogP) is 3.15. The molecule has 2 saturated carbocycles. The lowest BCUT2D eigenvalue weighted by molar-refractivity contribution is -0.143. The molecule has 2 aromatic carbocycles. The van der Waals surface area contributed by atoms with Crippen LogP contribution in [0.2, 0.25) is 0 Å². The second-order valence-electron chi connectivity index (χ2n) is 9.43. The fourth-order valence-corrected chi connectivity index (χ4v) is 5.66. The largest absolute Gasteiger partial charge is 0.481 e. The van der Waals surface area contributed by atoms with Crippen LogP contribution in [0.5, 0.6) is 0 Å². The summed E-state index contributed by atoms with van der Waals surface area (Å²) in [5, 5.41) is 21.0. The summed E-state index contributed by atoms with van der Waals surface area (Å²) in [7, 11) is 0. The molecule has 0 saturated heterocycles. The maximum Gasteiger partial charge on any atom is 0.414 e. The van der Waals surface area contributed by atoms with Gasteiger partial charge in [0.2, 0.25) is 5.82 Å². The number of benzene rings is 2. The van der Waals surface area contributed by atoms with Gasteiger partial charge < -0.3 is 15.2 Å². The molecule has 10 heteroatoms. The van der Waals surface area contributed by atoms with E-state index >= 15 is 0 Å². The van der Waals surface area contributed by atoms with Gasteiger partial charge in [0.15, 0.2) is 0 Å². The second-order valence-corrected chi connectivity index (χ2v) is 9.43. The number of amides is 2. The minimum Gasteiger partial charge on any atom is -0.481 e. The zero-order valence-electron chi connectivity index (χ0n) is 18.7. The van der Waals surface area contributed by atoms with E-state index in [1.165, 1.54) is 0 Å². The fourth-order valence-electron chi connectivity index (χ4n) is 5.66. The predicted molar refractivity (Wildman–Crippen MR) is 124 cm³/mol. The van der Waals surface area contributed by atoms with E-state index in [9.17, 15) is 19.5 Å². The van der Waals surface area contributed by atoms with Crippen molar-refractivity contribution in [2.75, 3.05) is 11.9 Å². The van der Waals surface area contributed by atoms with Gasteiger partial charge in [0, 0.05) is 12.0 Å². The van der Waals surface area contributed by atoms with Gasteiger partial charge in [0.05, 0.1) is 5.41 Å². The molecule has 1 aromatic heterocycles. The van der Waals surface area contributed by atoms with Crippen molar-refractivity contribution in [3.63, 3.8) is 0 Å². The van der Waals surface area contributed by atoms with Gasteiger partial charge in [-0.1, -0.05) is 48.5 Å². The Kier molecular flexibility index (Phi) is 4.84. The van der Waals surface area contributed by atoms with Crippen molar-refractivity contribution in [1.82, 2.24) is 20.5 Å². The number of carboxylic acid groups (broad SMARTS) is 1. The number of rotatable bonds is 6. The number of nitrogens with zero attached hydrogens (tertiary/aromatic N) is 2. The number of hydrogen-bond acceptors (Lipinski definition) is 6. The number of nitrogens with one attached hydrogen (secondary N) is 3. The zero-order chi connectivity index (χ0) is 24.2. The zero-order valence-corrected chi connectivity index (χ0v) is 18.7. The number of aliphatic carboxylic acids is 1. The van der Waals surface area contributed by atoms with Crippen molar-refractivity contribution in [1.29, 1.82) is 0 Å². The first-order valence-electron chi connectivity index (χ1n) is 11.5.